The van der Waals surface area contributed by atoms with E-state index < -0.39 is 0 Å². The lowest BCUT2D eigenvalue weighted by Crippen LogP contribution is -2.23. The van der Waals surface area contributed by atoms with E-state index in [-0.39, 0.29) is 11.7 Å². The van der Waals surface area contributed by atoms with Crippen molar-refractivity contribution in [3.8, 4) is 17.2 Å². The minimum atomic E-state index is -0.224. The van der Waals surface area contributed by atoms with Gasteiger partial charge in [0, 0.05) is 30.6 Å². The molecule has 1 aliphatic rings. The van der Waals surface area contributed by atoms with Crippen LogP contribution in [0.4, 0.5) is 0 Å². The Labute approximate surface area is 156 Å². The molecule has 0 radical (unpaired) electrons. The van der Waals surface area contributed by atoms with Gasteiger partial charge in [-0.05, 0) is 34.9 Å². The average Bonchev–Trinajstić information content (AvgIpc) is 3.07. The number of ketones is 1. The topological polar surface area (TPSA) is 85.8 Å². The van der Waals surface area contributed by atoms with Gasteiger partial charge in [0.2, 0.25) is 0 Å². The molecule has 1 aromatic heterocycles. The van der Waals surface area contributed by atoms with Gasteiger partial charge in [0.25, 0.3) is 5.91 Å². The summed E-state index contributed by atoms with van der Waals surface area (Å²) in [4.78, 5) is 27.3. The predicted molar refractivity (Wildman–Crippen MR) is 101 cm³/mol. The van der Waals surface area contributed by atoms with Gasteiger partial charge in [-0.3, -0.25) is 9.59 Å². The fourth-order valence-corrected chi connectivity index (χ4v) is 3.29. The molecule has 0 unspecified atom stereocenters. The Hall–Kier alpha value is -3.65. The van der Waals surface area contributed by atoms with E-state index in [1.165, 1.54) is 0 Å². The van der Waals surface area contributed by atoms with E-state index in [4.69, 9.17) is 5.26 Å². The molecule has 4 rings (SSSR count). The highest BCUT2D eigenvalue weighted by Crippen LogP contribution is 2.22. The van der Waals surface area contributed by atoms with Gasteiger partial charge < -0.3 is 10.3 Å². The lowest BCUT2D eigenvalue weighted by Gasteiger charge is -2.05. The molecule has 27 heavy (non-hydrogen) atoms. The standard InChI is InChI=1S/C22H17N3O2/c23-13-15-3-7-17(8-4-15)16-5-1-14(2-6-16)11-18-12-19-20(26)9-10-24-22(27)21(19)25-18/h1-8,12,25H,9-11H2,(H,24,27). The quantitative estimate of drug-likeness (QED) is 0.754. The lowest BCUT2D eigenvalue weighted by molar-refractivity contribution is 0.0951. The Bertz CT molecular complexity index is 1020. The summed E-state index contributed by atoms with van der Waals surface area (Å²) >= 11 is 0. The number of H-pyrrole nitrogens is 1. The molecule has 0 spiro atoms. The van der Waals surface area contributed by atoms with Crippen LogP contribution in [-0.2, 0) is 6.42 Å². The number of Topliss-reactive ketones (excluding diaryl/α,β-unsaturated/α-hetero) is 1. The zero-order chi connectivity index (χ0) is 18.8. The molecule has 0 saturated heterocycles. The molecule has 0 aliphatic carbocycles. The van der Waals surface area contributed by atoms with Crippen molar-refractivity contribution < 1.29 is 9.59 Å². The normalized spacial score (nSPS) is 13.4. The molecule has 0 bridgehead atoms. The first-order valence-electron chi connectivity index (χ1n) is 8.77. The van der Waals surface area contributed by atoms with Crippen LogP contribution < -0.4 is 5.32 Å². The fraction of sp³-hybridized carbons (Fsp3) is 0.136. The van der Waals surface area contributed by atoms with Gasteiger partial charge in [0.05, 0.1) is 11.6 Å². The molecule has 132 valence electrons. The molecule has 1 aliphatic heterocycles. The van der Waals surface area contributed by atoms with Crippen molar-refractivity contribution >= 4 is 11.7 Å². The predicted octanol–water partition coefficient (Wildman–Crippen LogP) is 3.46. The second-order valence-electron chi connectivity index (χ2n) is 6.58. The number of fused-ring (bicyclic) bond motifs is 1. The molecule has 1 amide bonds. The number of hydrogen-bond acceptors (Lipinski definition) is 3. The van der Waals surface area contributed by atoms with Crippen molar-refractivity contribution in [2.24, 2.45) is 0 Å². The number of nitriles is 1. The molecule has 5 nitrogen and oxygen atoms in total. The fourth-order valence-electron chi connectivity index (χ4n) is 3.29. The monoisotopic (exact) mass is 355 g/mol. The molecular formula is C22H17N3O2. The summed E-state index contributed by atoms with van der Waals surface area (Å²) < 4.78 is 0. The maximum Gasteiger partial charge on any atom is 0.268 e. The van der Waals surface area contributed by atoms with Crippen LogP contribution in [0.3, 0.4) is 0 Å². The van der Waals surface area contributed by atoms with Crippen molar-refractivity contribution in [1.29, 1.82) is 5.26 Å². The van der Waals surface area contributed by atoms with Crippen LogP contribution in [0.15, 0.2) is 54.6 Å². The molecule has 5 heteroatoms. The summed E-state index contributed by atoms with van der Waals surface area (Å²) in [6.07, 6.45) is 0.941. The van der Waals surface area contributed by atoms with Gasteiger partial charge in [-0.2, -0.15) is 5.26 Å². The van der Waals surface area contributed by atoms with Crippen molar-refractivity contribution in [1.82, 2.24) is 10.3 Å². The van der Waals surface area contributed by atoms with Crippen molar-refractivity contribution in [2.45, 2.75) is 12.8 Å². The van der Waals surface area contributed by atoms with E-state index >= 15 is 0 Å². The molecule has 2 aromatic carbocycles. The number of aromatic nitrogens is 1. The number of aromatic amines is 1. The number of rotatable bonds is 3. The highest BCUT2D eigenvalue weighted by molar-refractivity contribution is 6.09. The van der Waals surface area contributed by atoms with Gasteiger partial charge in [0.1, 0.15) is 5.69 Å². The number of nitrogens with one attached hydrogen (secondary N) is 2. The van der Waals surface area contributed by atoms with Crippen LogP contribution in [0.25, 0.3) is 11.1 Å². The summed E-state index contributed by atoms with van der Waals surface area (Å²) in [6.45, 7) is 0.381. The van der Waals surface area contributed by atoms with E-state index in [1.54, 1.807) is 18.2 Å². The minimum Gasteiger partial charge on any atom is -0.354 e. The van der Waals surface area contributed by atoms with Gasteiger partial charge in [-0.25, -0.2) is 0 Å². The molecular weight excluding hydrogens is 338 g/mol. The lowest BCUT2D eigenvalue weighted by atomic mass is 10.0. The van der Waals surface area contributed by atoms with E-state index in [9.17, 15) is 9.59 Å². The zero-order valence-corrected chi connectivity index (χ0v) is 14.6. The van der Waals surface area contributed by atoms with Gasteiger partial charge in [-0.1, -0.05) is 36.4 Å². The highest BCUT2D eigenvalue weighted by atomic mass is 16.2. The summed E-state index contributed by atoms with van der Waals surface area (Å²) in [5.41, 5.74) is 5.53. The third-order valence-corrected chi connectivity index (χ3v) is 4.73. The van der Waals surface area contributed by atoms with Crippen molar-refractivity contribution in [3.05, 3.63) is 82.7 Å². The van der Waals surface area contributed by atoms with E-state index in [2.05, 4.69) is 16.4 Å². The van der Waals surface area contributed by atoms with Crippen molar-refractivity contribution in [3.63, 3.8) is 0 Å². The van der Waals surface area contributed by atoms with Crippen molar-refractivity contribution in [2.75, 3.05) is 6.54 Å². The SMILES string of the molecule is N#Cc1ccc(-c2ccc(Cc3cc4c([nH]3)C(=O)NCCC4=O)cc2)cc1. The van der Waals surface area contributed by atoms with E-state index in [0.29, 0.717) is 36.2 Å². The molecule has 3 aromatic rings. The number of hydrogen-bond donors (Lipinski definition) is 2. The van der Waals surface area contributed by atoms with Crippen LogP contribution in [0.2, 0.25) is 0 Å². The molecule has 2 heterocycles. The Morgan fingerprint density at radius 1 is 0.963 bits per heavy atom. The maximum atomic E-state index is 12.1. The van der Waals surface area contributed by atoms with Crippen LogP contribution in [-0.4, -0.2) is 23.2 Å². The van der Waals surface area contributed by atoms with Gasteiger partial charge >= 0.3 is 0 Å². The summed E-state index contributed by atoms with van der Waals surface area (Å²) in [7, 11) is 0. The van der Waals surface area contributed by atoms with Crippen LogP contribution >= 0.6 is 0 Å². The Morgan fingerprint density at radius 2 is 1.63 bits per heavy atom. The molecule has 0 fully saturated rings. The number of amides is 1. The first-order chi connectivity index (χ1) is 13.1. The first-order valence-corrected chi connectivity index (χ1v) is 8.77. The smallest absolute Gasteiger partial charge is 0.268 e. The zero-order valence-electron chi connectivity index (χ0n) is 14.6. The minimum absolute atomic E-state index is 0.0120. The number of nitrogens with zero attached hydrogens (tertiary/aromatic N) is 1. The molecule has 2 N–H and O–H groups in total. The number of carbonyl (C=O) groups excluding carboxylic acids is 2. The van der Waals surface area contributed by atoms with Gasteiger partial charge in [-0.15, -0.1) is 0 Å². The Kier molecular flexibility index (Phi) is 4.31. The first kappa shape index (κ1) is 16.8. The van der Waals surface area contributed by atoms with Crippen LogP contribution in [0.1, 0.15) is 44.1 Å². The number of carbonyl (C=O) groups is 2. The molecule has 0 saturated carbocycles. The summed E-state index contributed by atoms with van der Waals surface area (Å²) in [6, 6.07) is 19.5. The second-order valence-corrected chi connectivity index (χ2v) is 6.58. The Morgan fingerprint density at radius 3 is 2.30 bits per heavy atom. The van der Waals surface area contributed by atoms with Gasteiger partial charge in [0.15, 0.2) is 5.78 Å². The van der Waals surface area contributed by atoms with E-state index in [1.807, 2.05) is 36.4 Å². The second kappa shape index (κ2) is 6.93. The largest absolute Gasteiger partial charge is 0.354 e. The summed E-state index contributed by atoms with van der Waals surface area (Å²) in [5.74, 6) is -0.236. The average molecular weight is 355 g/mol. The maximum absolute atomic E-state index is 12.1. The third-order valence-electron chi connectivity index (χ3n) is 4.73. The van der Waals surface area contributed by atoms with Crippen LogP contribution in [0, 0.1) is 11.3 Å². The number of benzene rings is 2. The third kappa shape index (κ3) is 3.38. The van der Waals surface area contributed by atoms with Crippen LogP contribution in [0.5, 0.6) is 0 Å². The van der Waals surface area contributed by atoms with E-state index in [0.717, 1.165) is 22.4 Å². The highest BCUT2D eigenvalue weighted by Gasteiger charge is 2.23. The molecule has 0 atom stereocenters. The summed E-state index contributed by atoms with van der Waals surface area (Å²) in [5, 5.41) is 11.6. The Balaban J connectivity index is 1.54.